The van der Waals surface area contributed by atoms with Gasteiger partial charge in [-0.05, 0) is 19.4 Å². The molecule has 3 N–H and O–H groups in total. The zero-order valence-electron chi connectivity index (χ0n) is 10.4. The molecule has 0 saturated heterocycles. The molecule has 1 aromatic carbocycles. The van der Waals surface area contributed by atoms with E-state index in [0.29, 0.717) is 0 Å². The van der Waals surface area contributed by atoms with Gasteiger partial charge in [0, 0.05) is 0 Å². The molecule has 0 heterocycles. The summed E-state index contributed by atoms with van der Waals surface area (Å²) in [6, 6.07) is 6.13. The first-order valence-electron chi connectivity index (χ1n) is 5.66. The molecule has 0 aromatic heterocycles. The van der Waals surface area contributed by atoms with Crippen LogP contribution in [0.3, 0.4) is 0 Å². The number of aliphatic hydroxyl groups excluding tert-OH is 1. The van der Waals surface area contributed by atoms with Gasteiger partial charge in [0.2, 0.25) is 5.91 Å². The SMILES string of the molecule is Cc1cccc(CC(=O)NC(C(=O)O)C(C)O)c1. The zero-order chi connectivity index (χ0) is 13.7. The molecule has 0 radical (unpaired) electrons. The molecule has 98 valence electrons. The van der Waals surface area contributed by atoms with E-state index in [0.717, 1.165) is 11.1 Å². The number of carboxylic acid groups (broad SMARTS) is 1. The largest absolute Gasteiger partial charge is 0.480 e. The molecule has 18 heavy (non-hydrogen) atoms. The van der Waals surface area contributed by atoms with Crippen LogP contribution in [0.1, 0.15) is 18.1 Å². The fourth-order valence-corrected chi connectivity index (χ4v) is 1.62. The molecule has 0 saturated carbocycles. The van der Waals surface area contributed by atoms with E-state index in [-0.39, 0.29) is 6.42 Å². The van der Waals surface area contributed by atoms with Crippen molar-refractivity contribution in [2.24, 2.45) is 0 Å². The van der Waals surface area contributed by atoms with Crippen molar-refractivity contribution < 1.29 is 19.8 Å². The fourth-order valence-electron chi connectivity index (χ4n) is 1.62. The molecule has 0 aliphatic heterocycles. The molecule has 5 nitrogen and oxygen atoms in total. The van der Waals surface area contributed by atoms with E-state index in [2.05, 4.69) is 5.32 Å². The number of aliphatic hydroxyl groups is 1. The molecule has 5 heteroatoms. The van der Waals surface area contributed by atoms with Crippen LogP contribution in [0.15, 0.2) is 24.3 Å². The topological polar surface area (TPSA) is 86.6 Å². The Labute approximate surface area is 105 Å². The number of carbonyl (C=O) groups is 2. The lowest BCUT2D eigenvalue weighted by Crippen LogP contribution is -2.48. The predicted octanol–water partition coefficient (Wildman–Crippen LogP) is 0.488. The Kier molecular flexibility index (Phi) is 4.85. The molecule has 0 aliphatic carbocycles. The Morgan fingerprint density at radius 1 is 1.39 bits per heavy atom. The minimum absolute atomic E-state index is 0.0954. The normalized spacial score (nSPS) is 13.7. The number of hydrogen-bond acceptors (Lipinski definition) is 3. The van der Waals surface area contributed by atoms with Gasteiger partial charge in [-0.15, -0.1) is 0 Å². The van der Waals surface area contributed by atoms with Crippen molar-refractivity contribution in [2.45, 2.75) is 32.4 Å². The van der Waals surface area contributed by atoms with E-state index in [1.54, 1.807) is 6.07 Å². The number of aryl methyl sites for hydroxylation is 1. The van der Waals surface area contributed by atoms with Gasteiger partial charge >= 0.3 is 5.97 Å². The second kappa shape index (κ2) is 6.16. The number of nitrogens with one attached hydrogen (secondary N) is 1. The molecule has 2 unspecified atom stereocenters. The van der Waals surface area contributed by atoms with Crippen LogP contribution in [0.25, 0.3) is 0 Å². The second-order valence-corrected chi connectivity index (χ2v) is 4.29. The molecule has 0 spiro atoms. The number of rotatable bonds is 5. The van der Waals surface area contributed by atoms with Gasteiger partial charge in [-0.25, -0.2) is 4.79 Å². The summed E-state index contributed by atoms with van der Waals surface area (Å²) in [4.78, 5) is 22.5. The first-order valence-corrected chi connectivity index (χ1v) is 5.66. The Morgan fingerprint density at radius 3 is 2.56 bits per heavy atom. The van der Waals surface area contributed by atoms with E-state index >= 15 is 0 Å². The van der Waals surface area contributed by atoms with Crippen molar-refractivity contribution in [3.8, 4) is 0 Å². The Balaban J connectivity index is 2.63. The van der Waals surface area contributed by atoms with Crippen LogP contribution in [0, 0.1) is 6.92 Å². The summed E-state index contributed by atoms with van der Waals surface area (Å²) < 4.78 is 0. The summed E-state index contributed by atoms with van der Waals surface area (Å²) in [5.41, 5.74) is 1.84. The van der Waals surface area contributed by atoms with Crippen LogP contribution >= 0.6 is 0 Å². The maximum absolute atomic E-state index is 11.7. The monoisotopic (exact) mass is 251 g/mol. The highest BCUT2D eigenvalue weighted by molar-refractivity contribution is 5.85. The van der Waals surface area contributed by atoms with Gasteiger partial charge in [-0.2, -0.15) is 0 Å². The number of benzene rings is 1. The van der Waals surface area contributed by atoms with Crippen molar-refractivity contribution >= 4 is 11.9 Å². The second-order valence-electron chi connectivity index (χ2n) is 4.29. The third kappa shape index (κ3) is 4.18. The summed E-state index contributed by atoms with van der Waals surface area (Å²) in [5.74, 6) is -1.67. The third-order valence-corrected chi connectivity index (χ3v) is 2.51. The van der Waals surface area contributed by atoms with E-state index in [1.807, 2.05) is 25.1 Å². The summed E-state index contributed by atoms with van der Waals surface area (Å²) in [6.45, 7) is 3.24. The van der Waals surface area contributed by atoms with Crippen molar-refractivity contribution in [1.29, 1.82) is 0 Å². The van der Waals surface area contributed by atoms with E-state index in [9.17, 15) is 14.7 Å². The lowest BCUT2D eigenvalue weighted by atomic mass is 10.1. The lowest BCUT2D eigenvalue weighted by molar-refractivity contribution is -0.144. The quantitative estimate of drug-likeness (QED) is 0.710. The number of carboxylic acids is 1. The molecule has 0 fully saturated rings. The fraction of sp³-hybridized carbons (Fsp3) is 0.385. The van der Waals surface area contributed by atoms with Gasteiger partial charge in [0.15, 0.2) is 6.04 Å². The van der Waals surface area contributed by atoms with Crippen LogP contribution in [-0.2, 0) is 16.0 Å². The van der Waals surface area contributed by atoms with Gasteiger partial charge < -0.3 is 15.5 Å². The lowest BCUT2D eigenvalue weighted by Gasteiger charge is -2.17. The molecule has 1 amide bonds. The van der Waals surface area contributed by atoms with E-state index in [1.165, 1.54) is 6.92 Å². The van der Waals surface area contributed by atoms with Crippen molar-refractivity contribution in [3.05, 3.63) is 35.4 Å². The molecule has 0 bridgehead atoms. The van der Waals surface area contributed by atoms with Gasteiger partial charge in [0.25, 0.3) is 0 Å². The van der Waals surface area contributed by atoms with Crippen LogP contribution < -0.4 is 5.32 Å². The van der Waals surface area contributed by atoms with Crippen LogP contribution in [-0.4, -0.2) is 34.2 Å². The van der Waals surface area contributed by atoms with Gasteiger partial charge in [-0.3, -0.25) is 4.79 Å². The standard InChI is InChI=1S/C13H17NO4/c1-8-4-3-5-10(6-8)7-11(16)14-12(9(2)15)13(17)18/h3-6,9,12,15H,7H2,1-2H3,(H,14,16)(H,17,18). The molecule has 1 aromatic rings. The minimum Gasteiger partial charge on any atom is -0.480 e. The van der Waals surface area contributed by atoms with Gasteiger partial charge in [0.05, 0.1) is 12.5 Å². The van der Waals surface area contributed by atoms with Crippen molar-refractivity contribution in [1.82, 2.24) is 5.32 Å². The first-order chi connectivity index (χ1) is 8.40. The first kappa shape index (κ1) is 14.2. The highest BCUT2D eigenvalue weighted by Gasteiger charge is 2.24. The minimum atomic E-state index is -1.28. The van der Waals surface area contributed by atoms with Gasteiger partial charge in [-0.1, -0.05) is 29.8 Å². The third-order valence-electron chi connectivity index (χ3n) is 2.51. The maximum Gasteiger partial charge on any atom is 0.328 e. The molecule has 2 atom stereocenters. The number of aliphatic carboxylic acids is 1. The van der Waals surface area contributed by atoms with Crippen molar-refractivity contribution in [2.75, 3.05) is 0 Å². The maximum atomic E-state index is 11.7. The summed E-state index contributed by atoms with van der Waals surface area (Å²) in [7, 11) is 0. The highest BCUT2D eigenvalue weighted by Crippen LogP contribution is 2.05. The number of amides is 1. The Hall–Kier alpha value is -1.88. The molecular weight excluding hydrogens is 234 g/mol. The summed E-state index contributed by atoms with van der Waals surface area (Å²) in [5, 5.41) is 20.4. The van der Waals surface area contributed by atoms with Crippen LogP contribution in [0.4, 0.5) is 0 Å². The van der Waals surface area contributed by atoms with Crippen LogP contribution in [0.2, 0.25) is 0 Å². The molecule has 1 rings (SSSR count). The summed E-state index contributed by atoms with van der Waals surface area (Å²) in [6.07, 6.45) is -1.04. The highest BCUT2D eigenvalue weighted by atomic mass is 16.4. The number of carbonyl (C=O) groups excluding carboxylic acids is 1. The van der Waals surface area contributed by atoms with E-state index in [4.69, 9.17) is 5.11 Å². The number of hydrogen-bond donors (Lipinski definition) is 3. The average molecular weight is 251 g/mol. The smallest absolute Gasteiger partial charge is 0.328 e. The van der Waals surface area contributed by atoms with Gasteiger partial charge in [0.1, 0.15) is 0 Å². The Morgan fingerprint density at radius 2 is 2.06 bits per heavy atom. The van der Waals surface area contributed by atoms with Crippen molar-refractivity contribution in [3.63, 3.8) is 0 Å². The molecular formula is C13H17NO4. The molecule has 0 aliphatic rings. The van der Waals surface area contributed by atoms with E-state index < -0.39 is 24.0 Å². The zero-order valence-corrected chi connectivity index (χ0v) is 10.4. The average Bonchev–Trinajstić information content (AvgIpc) is 2.25. The predicted molar refractivity (Wildman–Crippen MR) is 66.1 cm³/mol. The Bertz CT molecular complexity index is 442. The van der Waals surface area contributed by atoms with Crippen LogP contribution in [0.5, 0.6) is 0 Å². The summed E-state index contributed by atoms with van der Waals surface area (Å²) >= 11 is 0.